The number of anilines is 1. The van der Waals surface area contributed by atoms with Crippen molar-refractivity contribution < 1.29 is 19.1 Å². The van der Waals surface area contributed by atoms with Crippen molar-refractivity contribution in [2.24, 2.45) is 7.05 Å². The minimum atomic E-state index is -0.598. The standard InChI is InChI=1S/C30H28ClN3O4/c1-19(24-6-4-5-7-26(24)31)38-29(36)33-27-25(18-32-34(27)2)22-10-8-20(9-11-22)21-12-14-23(15-13-21)30(16-17-30)28(35)37-3/h4-15,18-19H,16-17H2,1-3H3,(H,33,36)/t19-/m1/s1. The molecular formula is C30H28ClN3O4. The molecule has 1 saturated carbocycles. The number of nitrogens with one attached hydrogen (secondary N) is 1. The molecular weight excluding hydrogens is 502 g/mol. The van der Waals surface area contributed by atoms with Gasteiger partial charge >= 0.3 is 12.1 Å². The first-order valence-corrected chi connectivity index (χ1v) is 12.7. The predicted octanol–water partition coefficient (Wildman–Crippen LogP) is 6.92. The number of methoxy groups -OCH3 is 1. The monoisotopic (exact) mass is 529 g/mol. The van der Waals surface area contributed by atoms with Crippen molar-refractivity contribution in [1.29, 1.82) is 0 Å². The van der Waals surface area contributed by atoms with Gasteiger partial charge in [0, 0.05) is 23.2 Å². The van der Waals surface area contributed by atoms with Crippen LogP contribution in [0.15, 0.2) is 79.0 Å². The van der Waals surface area contributed by atoms with Crippen LogP contribution in [-0.2, 0) is 26.7 Å². The highest BCUT2D eigenvalue weighted by molar-refractivity contribution is 6.31. The van der Waals surface area contributed by atoms with E-state index in [2.05, 4.69) is 10.4 Å². The minimum absolute atomic E-state index is 0.169. The molecule has 1 heterocycles. The minimum Gasteiger partial charge on any atom is -0.468 e. The number of amides is 1. The van der Waals surface area contributed by atoms with Gasteiger partial charge in [-0.3, -0.25) is 14.8 Å². The van der Waals surface area contributed by atoms with Crippen LogP contribution in [0, 0.1) is 0 Å². The van der Waals surface area contributed by atoms with Crippen molar-refractivity contribution in [3.63, 3.8) is 0 Å². The van der Waals surface area contributed by atoms with Crippen LogP contribution in [0.4, 0.5) is 10.6 Å². The van der Waals surface area contributed by atoms with Crippen LogP contribution in [0.3, 0.4) is 0 Å². The van der Waals surface area contributed by atoms with Gasteiger partial charge in [-0.05, 0) is 48.1 Å². The van der Waals surface area contributed by atoms with E-state index in [9.17, 15) is 9.59 Å². The van der Waals surface area contributed by atoms with Crippen molar-refractivity contribution in [2.75, 3.05) is 12.4 Å². The second kappa shape index (κ2) is 10.3. The summed E-state index contributed by atoms with van der Waals surface area (Å²) in [7, 11) is 3.19. The lowest BCUT2D eigenvalue weighted by Crippen LogP contribution is -2.21. The van der Waals surface area contributed by atoms with Crippen LogP contribution in [-0.4, -0.2) is 29.0 Å². The molecule has 3 aromatic carbocycles. The smallest absolute Gasteiger partial charge is 0.413 e. The Labute approximate surface area is 226 Å². The largest absolute Gasteiger partial charge is 0.468 e. The summed E-state index contributed by atoms with van der Waals surface area (Å²) in [6.45, 7) is 1.77. The fourth-order valence-electron chi connectivity index (χ4n) is 4.71. The number of halogens is 1. The number of aryl methyl sites for hydroxylation is 1. The van der Waals surface area contributed by atoms with Crippen molar-refractivity contribution in [3.8, 4) is 22.3 Å². The Bertz CT molecular complexity index is 1470. The van der Waals surface area contributed by atoms with Gasteiger partial charge in [-0.25, -0.2) is 4.79 Å². The highest BCUT2D eigenvalue weighted by Gasteiger charge is 2.52. The maximum atomic E-state index is 12.7. The molecule has 1 aromatic heterocycles. The summed E-state index contributed by atoms with van der Waals surface area (Å²) in [5, 5.41) is 7.69. The van der Waals surface area contributed by atoms with Gasteiger partial charge in [-0.15, -0.1) is 0 Å². The van der Waals surface area contributed by atoms with Crippen molar-refractivity contribution in [3.05, 3.63) is 95.1 Å². The van der Waals surface area contributed by atoms with E-state index in [-0.39, 0.29) is 5.97 Å². The van der Waals surface area contributed by atoms with Crippen LogP contribution in [0.25, 0.3) is 22.3 Å². The Kier molecular flexibility index (Phi) is 6.95. The Morgan fingerprint density at radius 3 is 2.18 bits per heavy atom. The fraction of sp³-hybridized carbons (Fsp3) is 0.233. The molecule has 4 aromatic rings. The third-order valence-electron chi connectivity index (χ3n) is 7.08. The van der Waals surface area contributed by atoms with Gasteiger partial charge in [0.2, 0.25) is 0 Å². The molecule has 0 saturated heterocycles. The lowest BCUT2D eigenvalue weighted by Gasteiger charge is -2.16. The molecule has 8 heteroatoms. The van der Waals surface area contributed by atoms with Crippen LogP contribution in [0.2, 0.25) is 5.02 Å². The van der Waals surface area contributed by atoms with E-state index in [1.54, 1.807) is 30.9 Å². The van der Waals surface area contributed by atoms with Gasteiger partial charge in [0.05, 0.1) is 18.7 Å². The second-order valence-corrected chi connectivity index (χ2v) is 9.86. The van der Waals surface area contributed by atoms with E-state index >= 15 is 0 Å². The molecule has 38 heavy (non-hydrogen) atoms. The SMILES string of the molecule is COC(=O)C1(c2ccc(-c3ccc(-c4cnn(C)c4NC(=O)O[C@H](C)c4ccccc4Cl)cc3)cc2)CC1. The van der Waals surface area contributed by atoms with E-state index in [0.29, 0.717) is 10.8 Å². The third kappa shape index (κ3) is 4.89. The lowest BCUT2D eigenvalue weighted by atomic mass is 9.93. The number of aromatic nitrogens is 2. The maximum absolute atomic E-state index is 12.7. The number of hydrogen-bond acceptors (Lipinski definition) is 5. The van der Waals surface area contributed by atoms with Gasteiger partial charge < -0.3 is 9.47 Å². The number of hydrogen-bond donors (Lipinski definition) is 1. The Morgan fingerprint density at radius 2 is 1.58 bits per heavy atom. The summed E-state index contributed by atoms with van der Waals surface area (Å²) >= 11 is 6.24. The number of esters is 1. The average Bonchev–Trinajstić information content (AvgIpc) is 3.67. The topological polar surface area (TPSA) is 82.5 Å². The van der Waals surface area contributed by atoms with Crippen LogP contribution in [0.5, 0.6) is 0 Å². The molecule has 1 aliphatic rings. The molecule has 0 unspecified atom stereocenters. The summed E-state index contributed by atoms with van der Waals surface area (Å²) in [5.41, 5.74) is 4.99. The quantitative estimate of drug-likeness (QED) is 0.263. The molecule has 5 rings (SSSR count). The first-order chi connectivity index (χ1) is 18.3. The first-order valence-electron chi connectivity index (χ1n) is 12.4. The van der Waals surface area contributed by atoms with E-state index in [1.807, 2.05) is 66.7 Å². The van der Waals surface area contributed by atoms with E-state index in [4.69, 9.17) is 21.1 Å². The van der Waals surface area contributed by atoms with Crippen molar-refractivity contribution in [1.82, 2.24) is 9.78 Å². The Hall–Kier alpha value is -4.10. The highest BCUT2D eigenvalue weighted by Crippen LogP contribution is 2.49. The highest BCUT2D eigenvalue weighted by atomic mass is 35.5. The summed E-state index contributed by atoms with van der Waals surface area (Å²) in [6.07, 6.45) is 2.23. The average molecular weight is 530 g/mol. The zero-order chi connectivity index (χ0) is 26.9. The molecule has 0 aliphatic heterocycles. The van der Waals surface area contributed by atoms with Crippen LogP contribution < -0.4 is 5.32 Å². The van der Waals surface area contributed by atoms with Crippen LogP contribution >= 0.6 is 11.6 Å². The lowest BCUT2D eigenvalue weighted by molar-refractivity contribution is -0.143. The molecule has 1 aliphatic carbocycles. The molecule has 0 radical (unpaired) electrons. The summed E-state index contributed by atoms with van der Waals surface area (Å²) in [6, 6.07) is 23.3. The normalized spacial score (nSPS) is 14.4. The van der Waals surface area contributed by atoms with E-state index < -0.39 is 17.6 Å². The number of benzene rings is 3. The molecule has 1 fully saturated rings. The van der Waals surface area contributed by atoms with Gasteiger partial charge in [0.25, 0.3) is 0 Å². The number of carbonyl (C=O) groups excluding carboxylic acids is 2. The molecule has 194 valence electrons. The molecule has 1 N–H and O–H groups in total. The van der Waals surface area contributed by atoms with Gasteiger partial charge in [-0.2, -0.15) is 5.10 Å². The maximum Gasteiger partial charge on any atom is 0.413 e. The Balaban J connectivity index is 1.30. The molecule has 1 amide bonds. The third-order valence-corrected chi connectivity index (χ3v) is 7.42. The van der Waals surface area contributed by atoms with Crippen molar-refractivity contribution >= 4 is 29.5 Å². The van der Waals surface area contributed by atoms with Crippen LogP contribution in [0.1, 0.15) is 37.0 Å². The first kappa shape index (κ1) is 25.5. The zero-order valence-corrected chi connectivity index (χ0v) is 22.2. The summed E-state index contributed by atoms with van der Waals surface area (Å²) in [4.78, 5) is 24.9. The number of carbonyl (C=O) groups is 2. The molecule has 7 nitrogen and oxygen atoms in total. The predicted molar refractivity (Wildman–Crippen MR) is 147 cm³/mol. The number of ether oxygens (including phenoxy) is 2. The van der Waals surface area contributed by atoms with Gasteiger partial charge in [0.1, 0.15) is 11.9 Å². The van der Waals surface area contributed by atoms with E-state index in [1.165, 1.54) is 7.11 Å². The zero-order valence-electron chi connectivity index (χ0n) is 21.4. The number of rotatable bonds is 7. The Morgan fingerprint density at radius 1 is 0.974 bits per heavy atom. The van der Waals surface area contributed by atoms with E-state index in [0.717, 1.165) is 46.2 Å². The molecule has 0 bridgehead atoms. The fourth-order valence-corrected chi connectivity index (χ4v) is 5.00. The van der Waals surface area contributed by atoms with Gasteiger partial charge in [-0.1, -0.05) is 78.3 Å². The number of nitrogens with zero attached hydrogens (tertiary/aromatic N) is 2. The van der Waals surface area contributed by atoms with Gasteiger partial charge in [0.15, 0.2) is 0 Å². The van der Waals surface area contributed by atoms with Crippen molar-refractivity contribution in [2.45, 2.75) is 31.3 Å². The second-order valence-electron chi connectivity index (χ2n) is 9.45. The molecule has 0 spiro atoms. The summed E-state index contributed by atoms with van der Waals surface area (Å²) < 4.78 is 12.2. The molecule has 1 atom stereocenters. The summed E-state index contributed by atoms with van der Waals surface area (Å²) in [5.74, 6) is 0.355.